The Bertz CT molecular complexity index is 427. The SMILES string of the molecule is COc1cc(C)cc(C)c1C(F)(F)C(=O)O. The Balaban J connectivity index is 3.49. The van der Waals surface area contributed by atoms with Crippen LogP contribution in [-0.2, 0) is 10.7 Å². The van der Waals surface area contributed by atoms with Crippen LogP contribution in [0, 0.1) is 13.8 Å². The number of carbonyl (C=O) groups is 1. The Kier molecular flexibility index (Phi) is 3.16. The van der Waals surface area contributed by atoms with E-state index in [0.29, 0.717) is 0 Å². The van der Waals surface area contributed by atoms with Crippen molar-refractivity contribution in [3.8, 4) is 5.75 Å². The third-order valence-electron chi connectivity index (χ3n) is 2.25. The van der Waals surface area contributed by atoms with Crippen LogP contribution in [0.3, 0.4) is 0 Å². The highest BCUT2D eigenvalue weighted by atomic mass is 19.3. The van der Waals surface area contributed by atoms with E-state index in [2.05, 4.69) is 0 Å². The predicted molar refractivity (Wildman–Crippen MR) is 54.0 cm³/mol. The molecule has 0 amide bonds. The number of hydrogen-bond donors (Lipinski definition) is 1. The molecule has 1 aromatic rings. The van der Waals surface area contributed by atoms with Gasteiger partial charge in [-0.05, 0) is 31.0 Å². The minimum absolute atomic E-state index is 0.107. The van der Waals surface area contributed by atoms with Gasteiger partial charge in [0.05, 0.1) is 12.7 Å². The first-order valence-corrected chi connectivity index (χ1v) is 4.57. The smallest absolute Gasteiger partial charge is 0.379 e. The molecule has 1 aromatic carbocycles. The predicted octanol–water partition coefficient (Wildman–Crippen LogP) is 2.49. The lowest BCUT2D eigenvalue weighted by Crippen LogP contribution is -2.27. The molecule has 0 fully saturated rings. The zero-order chi connectivity index (χ0) is 12.5. The van der Waals surface area contributed by atoms with Crippen LogP contribution < -0.4 is 4.74 Å². The third-order valence-corrected chi connectivity index (χ3v) is 2.25. The highest BCUT2D eigenvalue weighted by molar-refractivity contribution is 5.79. The van der Waals surface area contributed by atoms with Crippen LogP contribution in [0.25, 0.3) is 0 Å². The van der Waals surface area contributed by atoms with Crippen molar-refractivity contribution in [1.29, 1.82) is 0 Å². The fourth-order valence-corrected chi connectivity index (χ4v) is 1.60. The number of carboxylic acids is 1. The van der Waals surface area contributed by atoms with E-state index in [1.54, 1.807) is 6.92 Å². The number of rotatable bonds is 3. The number of alkyl halides is 2. The van der Waals surface area contributed by atoms with Crippen molar-refractivity contribution in [2.45, 2.75) is 19.8 Å². The standard InChI is InChI=1S/C11H12F2O3/c1-6-4-7(2)9(8(5-6)16-3)11(12,13)10(14)15/h4-5H,1-3H3,(H,14,15). The Morgan fingerprint density at radius 2 is 1.94 bits per heavy atom. The van der Waals surface area contributed by atoms with E-state index >= 15 is 0 Å². The van der Waals surface area contributed by atoms with E-state index < -0.39 is 17.5 Å². The summed E-state index contributed by atoms with van der Waals surface area (Å²) in [6, 6.07) is 2.88. The Morgan fingerprint density at radius 1 is 1.38 bits per heavy atom. The van der Waals surface area contributed by atoms with Crippen LogP contribution in [0.5, 0.6) is 5.75 Å². The molecule has 0 saturated carbocycles. The second-order valence-corrected chi connectivity index (χ2v) is 3.54. The van der Waals surface area contributed by atoms with Crippen molar-refractivity contribution in [3.63, 3.8) is 0 Å². The van der Waals surface area contributed by atoms with Crippen LogP contribution in [0.1, 0.15) is 16.7 Å². The molecule has 0 unspecified atom stereocenters. The van der Waals surface area contributed by atoms with Gasteiger partial charge in [-0.25, -0.2) is 4.79 Å². The second kappa shape index (κ2) is 4.08. The first kappa shape index (κ1) is 12.4. The summed E-state index contributed by atoms with van der Waals surface area (Å²) in [7, 11) is 1.23. The van der Waals surface area contributed by atoms with Gasteiger partial charge in [0.15, 0.2) is 0 Å². The number of methoxy groups -OCH3 is 1. The number of aliphatic carboxylic acids is 1. The van der Waals surface area contributed by atoms with E-state index in [4.69, 9.17) is 9.84 Å². The largest absolute Gasteiger partial charge is 0.496 e. The molecule has 88 valence electrons. The molecular weight excluding hydrogens is 218 g/mol. The van der Waals surface area contributed by atoms with Crippen molar-refractivity contribution in [3.05, 3.63) is 28.8 Å². The molecular formula is C11H12F2O3. The van der Waals surface area contributed by atoms with E-state index in [1.807, 2.05) is 0 Å². The molecule has 0 radical (unpaired) electrons. The summed E-state index contributed by atoms with van der Waals surface area (Å²) < 4.78 is 31.7. The van der Waals surface area contributed by atoms with Crippen molar-refractivity contribution in [1.82, 2.24) is 0 Å². The van der Waals surface area contributed by atoms with Gasteiger partial charge in [0, 0.05) is 0 Å². The van der Waals surface area contributed by atoms with Gasteiger partial charge in [-0.15, -0.1) is 0 Å². The number of benzene rings is 1. The summed E-state index contributed by atoms with van der Waals surface area (Å²) in [6.45, 7) is 3.15. The summed E-state index contributed by atoms with van der Waals surface area (Å²) in [6.07, 6.45) is 0. The lowest BCUT2D eigenvalue weighted by molar-refractivity contribution is -0.166. The number of halogens is 2. The number of aryl methyl sites for hydroxylation is 2. The fourth-order valence-electron chi connectivity index (χ4n) is 1.60. The zero-order valence-electron chi connectivity index (χ0n) is 9.17. The van der Waals surface area contributed by atoms with Gasteiger partial charge >= 0.3 is 11.9 Å². The van der Waals surface area contributed by atoms with Crippen LogP contribution in [-0.4, -0.2) is 18.2 Å². The minimum atomic E-state index is -3.94. The van der Waals surface area contributed by atoms with Gasteiger partial charge in [0.2, 0.25) is 0 Å². The molecule has 1 N–H and O–H groups in total. The maximum Gasteiger partial charge on any atom is 0.379 e. The summed E-state index contributed by atoms with van der Waals surface area (Å²) in [5.41, 5.74) is 0.344. The fraction of sp³-hybridized carbons (Fsp3) is 0.364. The van der Waals surface area contributed by atoms with E-state index in [9.17, 15) is 13.6 Å². The monoisotopic (exact) mass is 230 g/mol. The molecule has 3 nitrogen and oxygen atoms in total. The molecule has 0 atom stereocenters. The Labute approximate surface area is 91.7 Å². The van der Waals surface area contributed by atoms with Gasteiger partial charge in [-0.2, -0.15) is 8.78 Å². The van der Waals surface area contributed by atoms with E-state index in [1.165, 1.54) is 26.2 Å². The van der Waals surface area contributed by atoms with Crippen LogP contribution in [0.15, 0.2) is 12.1 Å². The van der Waals surface area contributed by atoms with Crippen LogP contribution in [0.4, 0.5) is 8.78 Å². The molecule has 0 aliphatic rings. The molecule has 1 rings (SSSR count). The summed E-state index contributed by atoms with van der Waals surface area (Å²) >= 11 is 0. The zero-order valence-corrected chi connectivity index (χ0v) is 9.17. The molecule has 16 heavy (non-hydrogen) atoms. The van der Waals surface area contributed by atoms with Gasteiger partial charge in [0.25, 0.3) is 0 Å². The molecule has 0 aliphatic carbocycles. The van der Waals surface area contributed by atoms with Gasteiger partial charge in [-0.3, -0.25) is 0 Å². The molecule has 0 saturated heterocycles. The summed E-state index contributed by atoms with van der Waals surface area (Å²) in [5.74, 6) is -6.23. The maximum atomic E-state index is 13.4. The second-order valence-electron chi connectivity index (χ2n) is 3.54. The average molecular weight is 230 g/mol. The average Bonchev–Trinajstić information content (AvgIpc) is 2.15. The summed E-state index contributed by atoms with van der Waals surface area (Å²) in [4.78, 5) is 10.5. The Hall–Kier alpha value is -1.65. The lowest BCUT2D eigenvalue weighted by atomic mass is 9.99. The van der Waals surface area contributed by atoms with Crippen LogP contribution >= 0.6 is 0 Å². The van der Waals surface area contributed by atoms with Gasteiger partial charge < -0.3 is 9.84 Å². The van der Waals surface area contributed by atoms with E-state index in [-0.39, 0.29) is 11.3 Å². The first-order chi connectivity index (χ1) is 7.30. The maximum absolute atomic E-state index is 13.4. The molecule has 0 aliphatic heterocycles. The quantitative estimate of drug-likeness (QED) is 0.867. The van der Waals surface area contributed by atoms with Gasteiger partial charge in [0.1, 0.15) is 5.75 Å². The Morgan fingerprint density at radius 3 is 2.38 bits per heavy atom. The number of hydrogen-bond acceptors (Lipinski definition) is 2. The molecule has 5 heteroatoms. The van der Waals surface area contributed by atoms with Crippen molar-refractivity contribution in [2.75, 3.05) is 7.11 Å². The van der Waals surface area contributed by atoms with E-state index in [0.717, 1.165) is 5.56 Å². The normalized spacial score (nSPS) is 11.3. The topological polar surface area (TPSA) is 46.5 Å². The van der Waals surface area contributed by atoms with Crippen molar-refractivity contribution < 1.29 is 23.4 Å². The molecule has 0 spiro atoms. The first-order valence-electron chi connectivity index (χ1n) is 4.57. The third kappa shape index (κ3) is 1.98. The highest BCUT2D eigenvalue weighted by Gasteiger charge is 2.44. The number of ether oxygens (including phenoxy) is 1. The highest BCUT2D eigenvalue weighted by Crippen LogP contribution is 2.38. The molecule has 0 bridgehead atoms. The molecule has 0 aromatic heterocycles. The lowest BCUT2D eigenvalue weighted by Gasteiger charge is -2.18. The summed E-state index contributed by atoms with van der Waals surface area (Å²) in [5, 5.41) is 8.50. The van der Waals surface area contributed by atoms with Crippen LogP contribution in [0.2, 0.25) is 0 Å². The minimum Gasteiger partial charge on any atom is -0.496 e. The van der Waals surface area contributed by atoms with Crippen molar-refractivity contribution in [2.24, 2.45) is 0 Å². The van der Waals surface area contributed by atoms with Crippen molar-refractivity contribution >= 4 is 5.97 Å². The van der Waals surface area contributed by atoms with Gasteiger partial charge in [-0.1, -0.05) is 6.07 Å². The molecule has 0 heterocycles. The number of carboxylic acid groups (broad SMARTS) is 1.